The third-order valence-electron chi connectivity index (χ3n) is 2.33. The Hall–Kier alpha value is -1.46. The summed E-state index contributed by atoms with van der Waals surface area (Å²) >= 11 is 0. The van der Waals surface area contributed by atoms with Crippen LogP contribution in [0.3, 0.4) is 0 Å². The summed E-state index contributed by atoms with van der Waals surface area (Å²) in [4.78, 5) is 11.8. The lowest BCUT2D eigenvalue weighted by Gasteiger charge is -2.23. The monoisotopic (exact) mass is 241 g/mol. The summed E-state index contributed by atoms with van der Waals surface area (Å²) in [6.07, 6.45) is 0. The fourth-order valence-corrected chi connectivity index (χ4v) is 1.26. The zero-order valence-electron chi connectivity index (χ0n) is 9.83. The molecule has 0 unspecified atom stereocenters. The van der Waals surface area contributed by atoms with E-state index in [1.54, 1.807) is 13.8 Å². The molecule has 0 radical (unpaired) electrons. The molecule has 4 nitrogen and oxygen atoms in total. The van der Waals surface area contributed by atoms with E-state index in [0.29, 0.717) is 0 Å². The largest absolute Gasteiger partial charge is 0.394 e. The minimum absolute atomic E-state index is 0.0689. The van der Waals surface area contributed by atoms with Gasteiger partial charge in [0, 0.05) is 11.1 Å². The number of hydrogen-bond acceptors (Lipinski definition) is 3. The maximum Gasteiger partial charge on any atom is 0.251 e. The van der Waals surface area contributed by atoms with Gasteiger partial charge in [-0.1, -0.05) is 0 Å². The number of aliphatic hydroxyl groups excluding tert-OH is 2. The van der Waals surface area contributed by atoms with Crippen molar-refractivity contribution >= 4 is 5.91 Å². The minimum Gasteiger partial charge on any atom is -0.394 e. The predicted molar refractivity (Wildman–Crippen MR) is 61.0 cm³/mol. The molecule has 0 aliphatic carbocycles. The fourth-order valence-electron chi connectivity index (χ4n) is 1.26. The zero-order valence-corrected chi connectivity index (χ0v) is 9.83. The van der Waals surface area contributed by atoms with Crippen LogP contribution in [0.25, 0.3) is 0 Å². The molecule has 3 N–H and O–H groups in total. The molecule has 0 saturated carbocycles. The normalized spacial score (nSPS) is 11.4. The second-order valence-electron chi connectivity index (χ2n) is 4.46. The van der Waals surface area contributed by atoms with E-state index >= 15 is 0 Å². The minimum atomic E-state index is -0.745. The number of carbonyl (C=O) groups is 1. The van der Waals surface area contributed by atoms with Crippen LogP contribution in [0.15, 0.2) is 18.2 Å². The third-order valence-corrected chi connectivity index (χ3v) is 2.33. The smallest absolute Gasteiger partial charge is 0.251 e. The van der Waals surface area contributed by atoms with Crippen LogP contribution < -0.4 is 5.32 Å². The van der Waals surface area contributed by atoms with Crippen LogP contribution in [-0.2, 0) is 6.61 Å². The Balaban J connectivity index is 2.90. The second-order valence-corrected chi connectivity index (χ2v) is 4.46. The van der Waals surface area contributed by atoms with Gasteiger partial charge in [0.1, 0.15) is 5.82 Å². The Morgan fingerprint density at radius 2 is 2.06 bits per heavy atom. The number of hydrogen-bond donors (Lipinski definition) is 3. The highest BCUT2D eigenvalue weighted by Gasteiger charge is 2.20. The van der Waals surface area contributed by atoms with E-state index in [4.69, 9.17) is 10.2 Å². The Morgan fingerprint density at radius 3 is 2.59 bits per heavy atom. The van der Waals surface area contributed by atoms with Gasteiger partial charge >= 0.3 is 0 Å². The number of nitrogens with one attached hydrogen (secondary N) is 1. The van der Waals surface area contributed by atoms with Gasteiger partial charge in [0.2, 0.25) is 0 Å². The molecule has 0 atom stereocenters. The third kappa shape index (κ3) is 3.51. The SMILES string of the molecule is CC(C)(CO)NC(=O)c1ccc(F)c(CO)c1. The Bertz CT molecular complexity index is 418. The first-order valence-corrected chi connectivity index (χ1v) is 5.22. The van der Waals surface area contributed by atoms with Gasteiger partial charge in [0.25, 0.3) is 5.91 Å². The number of carbonyl (C=O) groups excluding carboxylic acids is 1. The number of halogens is 1. The standard InChI is InChI=1S/C12H16FNO3/c1-12(2,7-16)14-11(17)8-3-4-10(13)9(5-8)6-15/h3-5,15-16H,6-7H2,1-2H3,(H,14,17). The van der Waals surface area contributed by atoms with Crippen LogP contribution in [-0.4, -0.2) is 28.3 Å². The van der Waals surface area contributed by atoms with Crippen molar-refractivity contribution in [2.24, 2.45) is 0 Å². The van der Waals surface area contributed by atoms with Gasteiger partial charge in [0.15, 0.2) is 0 Å². The molecule has 1 amide bonds. The van der Waals surface area contributed by atoms with Crippen molar-refractivity contribution in [3.8, 4) is 0 Å². The molecule has 17 heavy (non-hydrogen) atoms. The van der Waals surface area contributed by atoms with Gasteiger partial charge in [-0.05, 0) is 32.0 Å². The zero-order chi connectivity index (χ0) is 13.1. The molecule has 1 aromatic carbocycles. The number of aliphatic hydroxyl groups is 2. The van der Waals surface area contributed by atoms with Crippen molar-refractivity contribution in [1.29, 1.82) is 0 Å². The molecule has 0 aliphatic heterocycles. The summed E-state index contributed by atoms with van der Waals surface area (Å²) in [5.74, 6) is -0.968. The molecular weight excluding hydrogens is 225 g/mol. The summed E-state index contributed by atoms with van der Waals surface area (Å²) in [7, 11) is 0. The molecule has 94 valence electrons. The molecule has 1 aromatic rings. The van der Waals surface area contributed by atoms with Crippen molar-refractivity contribution in [3.05, 3.63) is 35.1 Å². The van der Waals surface area contributed by atoms with E-state index in [1.165, 1.54) is 12.1 Å². The number of benzene rings is 1. The average molecular weight is 241 g/mol. The van der Waals surface area contributed by atoms with Crippen LogP contribution in [0, 0.1) is 5.82 Å². The van der Waals surface area contributed by atoms with E-state index in [9.17, 15) is 9.18 Å². The Labute approximate surface area is 99.1 Å². The van der Waals surface area contributed by atoms with Crippen molar-refractivity contribution < 1.29 is 19.4 Å². The molecule has 0 bridgehead atoms. The van der Waals surface area contributed by atoms with E-state index in [2.05, 4.69) is 5.32 Å². The highest BCUT2D eigenvalue weighted by Crippen LogP contribution is 2.12. The van der Waals surface area contributed by atoms with Gasteiger partial charge in [0.05, 0.1) is 18.8 Å². The lowest BCUT2D eigenvalue weighted by Crippen LogP contribution is -2.46. The van der Waals surface area contributed by atoms with Crippen LogP contribution >= 0.6 is 0 Å². The molecule has 5 heteroatoms. The average Bonchev–Trinajstić information content (AvgIpc) is 2.29. The van der Waals surface area contributed by atoms with Crippen LogP contribution in [0.2, 0.25) is 0 Å². The van der Waals surface area contributed by atoms with E-state index in [-0.39, 0.29) is 17.7 Å². The number of rotatable bonds is 4. The highest BCUT2D eigenvalue weighted by atomic mass is 19.1. The van der Waals surface area contributed by atoms with Crippen molar-refractivity contribution in [2.45, 2.75) is 26.0 Å². The van der Waals surface area contributed by atoms with Gasteiger partial charge in [-0.15, -0.1) is 0 Å². The van der Waals surface area contributed by atoms with Crippen LogP contribution in [0.5, 0.6) is 0 Å². The van der Waals surface area contributed by atoms with E-state index in [1.807, 2.05) is 0 Å². The molecule has 0 aliphatic rings. The summed E-state index contributed by atoms with van der Waals surface area (Å²) < 4.78 is 13.1. The summed E-state index contributed by atoms with van der Waals surface area (Å²) in [6.45, 7) is 2.67. The lowest BCUT2D eigenvalue weighted by molar-refractivity contribution is 0.0869. The number of amides is 1. The molecule has 0 fully saturated rings. The van der Waals surface area contributed by atoms with Crippen molar-refractivity contribution in [2.75, 3.05) is 6.61 Å². The van der Waals surface area contributed by atoms with Gasteiger partial charge in [-0.25, -0.2) is 4.39 Å². The maximum absolute atomic E-state index is 13.1. The van der Waals surface area contributed by atoms with Crippen LogP contribution in [0.4, 0.5) is 4.39 Å². The van der Waals surface area contributed by atoms with Crippen LogP contribution in [0.1, 0.15) is 29.8 Å². The first-order chi connectivity index (χ1) is 7.89. The summed E-state index contributed by atoms with van der Waals surface area (Å²) in [6, 6.07) is 3.75. The predicted octanol–water partition coefficient (Wildman–Crippen LogP) is 0.819. The first kappa shape index (κ1) is 13.6. The summed E-state index contributed by atoms with van der Waals surface area (Å²) in [5, 5.41) is 20.5. The van der Waals surface area contributed by atoms with E-state index in [0.717, 1.165) is 6.07 Å². The quantitative estimate of drug-likeness (QED) is 0.731. The lowest BCUT2D eigenvalue weighted by atomic mass is 10.1. The molecular formula is C12H16FNO3. The highest BCUT2D eigenvalue weighted by molar-refractivity contribution is 5.94. The molecule has 0 spiro atoms. The van der Waals surface area contributed by atoms with E-state index < -0.39 is 23.9 Å². The fraction of sp³-hybridized carbons (Fsp3) is 0.417. The Kier molecular flexibility index (Phi) is 4.20. The van der Waals surface area contributed by atoms with Gasteiger partial charge in [-0.2, -0.15) is 0 Å². The maximum atomic E-state index is 13.1. The van der Waals surface area contributed by atoms with Crippen molar-refractivity contribution in [1.82, 2.24) is 5.32 Å². The van der Waals surface area contributed by atoms with Gasteiger partial charge < -0.3 is 15.5 Å². The summed E-state index contributed by atoms with van der Waals surface area (Å²) in [5.41, 5.74) is -0.429. The molecule has 0 saturated heterocycles. The Morgan fingerprint density at radius 1 is 1.41 bits per heavy atom. The molecule has 0 heterocycles. The molecule has 0 aromatic heterocycles. The first-order valence-electron chi connectivity index (χ1n) is 5.22. The molecule has 1 rings (SSSR count). The topological polar surface area (TPSA) is 69.6 Å². The van der Waals surface area contributed by atoms with Gasteiger partial charge in [-0.3, -0.25) is 4.79 Å². The second kappa shape index (κ2) is 5.25. The van der Waals surface area contributed by atoms with Crippen molar-refractivity contribution in [3.63, 3.8) is 0 Å².